The number of piperidine rings is 1. The van der Waals surface area contributed by atoms with E-state index in [9.17, 15) is 14.7 Å². The summed E-state index contributed by atoms with van der Waals surface area (Å²) >= 11 is 0. The molecule has 4 atom stereocenters. The lowest BCUT2D eigenvalue weighted by molar-refractivity contribution is -0.142. The molecule has 1 aromatic carbocycles. The number of likely N-dealkylation sites (tertiary alicyclic amines) is 1. The molecule has 1 saturated heterocycles. The summed E-state index contributed by atoms with van der Waals surface area (Å²) in [5.41, 5.74) is 1.17. The van der Waals surface area contributed by atoms with E-state index in [1.165, 1.54) is 49.5 Å². The molecule has 0 aromatic heterocycles. The molecule has 4 bridgehead atoms. The average Bonchev–Trinajstić information content (AvgIpc) is 3.68. The molecule has 5 nitrogen and oxygen atoms in total. The third kappa shape index (κ3) is 3.23. The van der Waals surface area contributed by atoms with Crippen LogP contribution in [0.15, 0.2) is 12.1 Å². The number of nitrogens with zero attached hydrogens (tertiary/aromatic N) is 1. The highest BCUT2D eigenvalue weighted by molar-refractivity contribution is 5.98. The highest BCUT2D eigenvalue weighted by Crippen LogP contribution is 2.60. The molecule has 8 rings (SSSR count). The van der Waals surface area contributed by atoms with Gasteiger partial charge in [-0.3, -0.25) is 4.79 Å². The molecule has 6 saturated carbocycles. The number of hydrogen-bond donors (Lipinski definition) is 1. The largest absolute Gasteiger partial charge is 0.493 e. The monoisotopic (exact) mass is 467 g/mol. The van der Waals surface area contributed by atoms with Crippen molar-refractivity contribution in [2.45, 2.75) is 70.3 Å². The maximum atomic E-state index is 15.3. The quantitative estimate of drug-likeness (QED) is 0.633. The molecule has 182 valence electrons. The zero-order valence-corrected chi connectivity index (χ0v) is 19.8. The van der Waals surface area contributed by atoms with Crippen LogP contribution in [0.4, 0.5) is 4.39 Å². The second-order valence-corrected chi connectivity index (χ2v) is 12.7. The van der Waals surface area contributed by atoms with Crippen molar-refractivity contribution in [2.75, 3.05) is 13.2 Å². The molecule has 1 unspecified atom stereocenters. The summed E-state index contributed by atoms with van der Waals surface area (Å²) in [6.45, 7) is 3.09. The normalized spacial score (nSPS) is 41.5. The van der Waals surface area contributed by atoms with E-state index >= 15 is 4.39 Å². The van der Waals surface area contributed by atoms with Crippen molar-refractivity contribution < 1.29 is 23.8 Å². The Morgan fingerprint density at radius 3 is 2.35 bits per heavy atom. The number of ether oxygens (including phenoxy) is 1. The van der Waals surface area contributed by atoms with Gasteiger partial charge in [-0.25, -0.2) is 9.18 Å². The predicted molar refractivity (Wildman–Crippen MR) is 123 cm³/mol. The lowest BCUT2D eigenvalue weighted by atomic mass is 9.50. The lowest BCUT2D eigenvalue weighted by Crippen LogP contribution is -2.48. The van der Waals surface area contributed by atoms with Crippen LogP contribution in [0, 0.1) is 46.7 Å². The number of rotatable bonds is 6. The minimum atomic E-state index is -0.983. The van der Waals surface area contributed by atoms with E-state index in [0.717, 1.165) is 36.2 Å². The Kier molecular flexibility index (Phi) is 4.49. The van der Waals surface area contributed by atoms with Gasteiger partial charge >= 0.3 is 5.97 Å². The van der Waals surface area contributed by atoms with E-state index in [1.54, 1.807) is 6.07 Å². The third-order valence-corrected chi connectivity index (χ3v) is 10.3. The maximum Gasteiger partial charge on any atom is 0.326 e. The molecule has 34 heavy (non-hydrogen) atoms. The minimum Gasteiger partial charge on any atom is -0.493 e. The molecule has 0 spiro atoms. The molecule has 7 aliphatic rings. The van der Waals surface area contributed by atoms with E-state index in [0.29, 0.717) is 30.7 Å². The number of halogens is 1. The van der Waals surface area contributed by atoms with Gasteiger partial charge in [-0.05, 0) is 104 Å². The minimum absolute atomic E-state index is 0.00394. The third-order valence-electron chi connectivity index (χ3n) is 10.3. The van der Waals surface area contributed by atoms with Gasteiger partial charge in [0.25, 0.3) is 5.91 Å². The molecule has 6 heteroatoms. The predicted octanol–water partition coefficient (Wildman–Crippen LogP) is 5.09. The van der Waals surface area contributed by atoms with Crippen LogP contribution in [-0.4, -0.2) is 41.1 Å². The summed E-state index contributed by atoms with van der Waals surface area (Å²) in [4.78, 5) is 26.6. The molecule has 1 heterocycles. The van der Waals surface area contributed by atoms with Gasteiger partial charge in [-0.15, -0.1) is 0 Å². The fourth-order valence-corrected chi connectivity index (χ4v) is 8.87. The number of hydrogen-bond acceptors (Lipinski definition) is 3. The molecular weight excluding hydrogens is 433 g/mol. The van der Waals surface area contributed by atoms with Crippen LogP contribution in [0.5, 0.6) is 5.75 Å². The zero-order chi connectivity index (χ0) is 23.4. The van der Waals surface area contributed by atoms with Crippen LogP contribution >= 0.6 is 0 Å². The van der Waals surface area contributed by atoms with Gasteiger partial charge in [0.05, 0.1) is 12.2 Å². The van der Waals surface area contributed by atoms with Crippen molar-refractivity contribution in [1.82, 2.24) is 4.90 Å². The first-order chi connectivity index (χ1) is 16.3. The molecule has 1 aliphatic heterocycles. The molecular formula is C28H34FNO4. The van der Waals surface area contributed by atoms with E-state index in [2.05, 4.69) is 0 Å². The molecule has 7 fully saturated rings. The van der Waals surface area contributed by atoms with E-state index in [4.69, 9.17) is 4.74 Å². The molecule has 1 amide bonds. The number of benzene rings is 1. The zero-order valence-electron chi connectivity index (χ0n) is 19.8. The molecule has 1 aromatic rings. The summed E-state index contributed by atoms with van der Waals surface area (Å²) in [6, 6.07) is 2.25. The number of carbonyl (C=O) groups is 2. The van der Waals surface area contributed by atoms with Gasteiger partial charge in [0.15, 0.2) is 0 Å². The van der Waals surface area contributed by atoms with E-state index in [-0.39, 0.29) is 22.8 Å². The van der Waals surface area contributed by atoms with Crippen molar-refractivity contribution in [2.24, 2.45) is 40.9 Å². The second-order valence-electron chi connectivity index (χ2n) is 12.7. The second kappa shape index (κ2) is 7.20. The number of carboxylic acids is 1. The summed E-state index contributed by atoms with van der Waals surface area (Å²) < 4.78 is 21.7. The highest BCUT2D eigenvalue weighted by atomic mass is 19.1. The molecule has 0 radical (unpaired) electrons. The Balaban J connectivity index is 1.14. The van der Waals surface area contributed by atoms with Gasteiger partial charge in [-0.2, -0.15) is 0 Å². The standard InChI is InChI=1S/C28H34FNO4/c1-14-21-12-30(25(24(14)21)27(32)33)26(31)20-7-19(18-2-3-18)23(8-22(20)29)34-13-28-9-15-4-16(10-28)6-17(5-15)11-28/h7-8,14-18,21,24-25H,2-6,9-13H2,1H3,(H,32,33)/t14?,15?,16?,17?,21-,24+,25+,28?/m1/s1. The number of carbonyl (C=O) groups excluding carboxylic acids is 1. The molecule has 6 aliphatic carbocycles. The van der Waals surface area contributed by atoms with Crippen LogP contribution in [0.2, 0.25) is 0 Å². The first kappa shape index (κ1) is 21.2. The van der Waals surface area contributed by atoms with Crippen LogP contribution in [0.1, 0.15) is 80.1 Å². The van der Waals surface area contributed by atoms with Crippen molar-refractivity contribution in [3.8, 4) is 5.75 Å². The van der Waals surface area contributed by atoms with Gasteiger partial charge in [0.2, 0.25) is 0 Å². The summed E-state index contributed by atoms with van der Waals surface area (Å²) in [6.07, 6.45) is 9.91. The maximum absolute atomic E-state index is 15.3. The fourth-order valence-electron chi connectivity index (χ4n) is 8.87. The van der Waals surface area contributed by atoms with Gasteiger partial charge < -0.3 is 14.7 Å². The number of fused-ring (bicyclic) bond motifs is 1. The number of aliphatic carboxylic acids is 1. The van der Waals surface area contributed by atoms with Crippen molar-refractivity contribution >= 4 is 11.9 Å². The summed E-state index contributed by atoms with van der Waals surface area (Å²) in [7, 11) is 0. The average molecular weight is 468 g/mol. The van der Waals surface area contributed by atoms with Gasteiger partial charge in [0.1, 0.15) is 17.6 Å². The van der Waals surface area contributed by atoms with Crippen molar-refractivity contribution in [3.63, 3.8) is 0 Å². The van der Waals surface area contributed by atoms with E-state index in [1.807, 2.05) is 6.92 Å². The summed E-state index contributed by atoms with van der Waals surface area (Å²) in [5.74, 6) is 1.89. The fraction of sp³-hybridized carbons (Fsp3) is 0.714. The number of carboxylic acid groups (broad SMARTS) is 1. The smallest absolute Gasteiger partial charge is 0.326 e. The number of amides is 1. The first-order valence-electron chi connectivity index (χ1n) is 13.3. The lowest BCUT2D eigenvalue weighted by Gasteiger charge is -2.56. The molecule has 1 N–H and O–H groups in total. The van der Waals surface area contributed by atoms with Crippen molar-refractivity contribution in [3.05, 3.63) is 29.1 Å². The highest BCUT2D eigenvalue weighted by Gasteiger charge is 2.62. The summed E-state index contributed by atoms with van der Waals surface area (Å²) in [5, 5.41) is 9.74. The van der Waals surface area contributed by atoms with Crippen LogP contribution in [0.25, 0.3) is 0 Å². The van der Waals surface area contributed by atoms with Gasteiger partial charge in [-0.1, -0.05) is 6.92 Å². The van der Waals surface area contributed by atoms with Crippen LogP contribution in [0.3, 0.4) is 0 Å². The van der Waals surface area contributed by atoms with Crippen LogP contribution < -0.4 is 4.74 Å². The van der Waals surface area contributed by atoms with Gasteiger partial charge in [0, 0.05) is 18.0 Å². The van der Waals surface area contributed by atoms with Crippen molar-refractivity contribution in [1.29, 1.82) is 0 Å². The Morgan fingerprint density at radius 2 is 1.76 bits per heavy atom. The van der Waals surface area contributed by atoms with E-state index < -0.39 is 23.7 Å². The first-order valence-corrected chi connectivity index (χ1v) is 13.3. The SMILES string of the molecule is CC1[C@H]2[C@@H]1CN(C(=O)c1cc(C3CC3)c(OCC34CC5CC(CC(C5)C3)C4)cc1F)[C@@H]2C(=O)O. The Hall–Kier alpha value is -2.11. The topological polar surface area (TPSA) is 66.8 Å². The Bertz CT molecular complexity index is 1030. The Morgan fingerprint density at radius 1 is 1.12 bits per heavy atom. The Labute approximate surface area is 200 Å². The van der Waals surface area contributed by atoms with Crippen LogP contribution in [-0.2, 0) is 4.79 Å².